The summed E-state index contributed by atoms with van der Waals surface area (Å²) in [5, 5.41) is 3.35. The zero-order valence-corrected chi connectivity index (χ0v) is 11.2. The lowest BCUT2D eigenvalue weighted by molar-refractivity contribution is 0.783. The molecule has 18 heavy (non-hydrogen) atoms. The molecule has 0 saturated heterocycles. The van der Waals surface area contributed by atoms with Crippen LogP contribution in [0.3, 0.4) is 0 Å². The van der Waals surface area contributed by atoms with E-state index in [1.807, 2.05) is 12.4 Å². The van der Waals surface area contributed by atoms with Crippen LogP contribution in [0.2, 0.25) is 0 Å². The van der Waals surface area contributed by atoms with E-state index in [1.165, 1.54) is 11.1 Å². The summed E-state index contributed by atoms with van der Waals surface area (Å²) in [6, 6.07) is 8.60. The van der Waals surface area contributed by atoms with Crippen LogP contribution in [-0.4, -0.2) is 16.1 Å². The molecule has 1 heterocycles. The molecule has 2 rings (SSSR count). The molecule has 0 fully saturated rings. The molecule has 0 aliphatic carbocycles. The van der Waals surface area contributed by atoms with Crippen LogP contribution >= 0.6 is 0 Å². The van der Waals surface area contributed by atoms with E-state index in [4.69, 9.17) is 0 Å². The van der Waals surface area contributed by atoms with E-state index in [9.17, 15) is 0 Å². The smallest absolute Gasteiger partial charge is 0.203 e. The van der Waals surface area contributed by atoms with Gasteiger partial charge in [0.15, 0.2) is 0 Å². The fourth-order valence-corrected chi connectivity index (χ4v) is 2.08. The average molecular weight is 243 g/mol. The molecule has 0 aliphatic heterocycles. The summed E-state index contributed by atoms with van der Waals surface area (Å²) in [6.45, 7) is 6.21. The normalized spacial score (nSPS) is 10.6. The zero-order chi connectivity index (χ0) is 12.8. The van der Waals surface area contributed by atoms with E-state index in [0.717, 1.165) is 31.9 Å². The molecule has 2 aromatic rings. The van der Waals surface area contributed by atoms with Gasteiger partial charge >= 0.3 is 0 Å². The number of rotatable bonds is 6. The summed E-state index contributed by atoms with van der Waals surface area (Å²) >= 11 is 0. The van der Waals surface area contributed by atoms with Crippen molar-refractivity contribution in [3.8, 4) is 0 Å². The Balaban J connectivity index is 2.15. The molecule has 3 heteroatoms. The molecule has 0 unspecified atom stereocenters. The number of hydrogen-bond acceptors (Lipinski definition) is 2. The highest BCUT2D eigenvalue weighted by molar-refractivity contribution is 5.31. The number of nitrogens with one attached hydrogen (secondary N) is 1. The molecule has 0 saturated carbocycles. The third-order valence-electron chi connectivity index (χ3n) is 3.09. The molecule has 1 aromatic heterocycles. The van der Waals surface area contributed by atoms with Gasteiger partial charge in [-0.3, -0.25) is 0 Å². The number of aromatic nitrogens is 2. The van der Waals surface area contributed by atoms with Gasteiger partial charge in [-0.15, -0.1) is 0 Å². The summed E-state index contributed by atoms with van der Waals surface area (Å²) in [7, 11) is 0. The first-order chi connectivity index (χ1) is 8.85. The van der Waals surface area contributed by atoms with Gasteiger partial charge in [-0.2, -0.15) is 0 Å². The number of anilines is 1. The van der Waals surface area contributed by atoms with Crippen molar-refractivity contribution in [2.24, 2.45) is 0 Å². The first-order valence-corrected chi connectivity index (χ1v) is 6.67. The minimum atomic E-state index is 0.885. The van der Waals surface area contributed by atoms with Crippen LogP contribution in [0.5, 0.6) is 0 Å². The van der Waals surface area contributed by atoms with Crippen LogP contribution in [0.4, 0.5) is 5.95 Å². The van der Waals surface area contributed by atoms with Crippen LogP contribution in [-0.2, 0) is 13.0 Å². The van der Waals surface area contributed by atoms with Crippen LogP contribution < -0.4 is 5.32 Å². The Kier molecular flexibility index (Phi) is 4.40. The lowest BCUT2D eigenvalue weighted by atomic mass is 10.1. The Hall–Kier alpha value is -1.77. The molecule has 0 radical (unpaired) electrons. The first kappa shape index (κ1) is 12.7. The monoisotopic (exact) mass is 243 g/mol. The molecule has 1 N–H and O–H groups in total. The van der Waals surface area contributed by atoms with Gasteiger partial charge in [0, 0.05) is 18.9 Å². The molecule has 96 valence electrons. The minimum Gasteiger partial charge on any atom is -0.356 e. The standard InChI is InChI=1S/C15H21N3/c1-3-9-16-15-17-10-11-18(15)12-14-8-6-5-7-13(14)4-2/h5-8,10-11H,3-4,9,12H2,1-2H3,(H,16,17). The van der Waals surface area contributed by atoms with E-state index in [-0.39, 0.29) is 0 Å². The van der Waals surface area contributed by atoms with Gasteiger partial charge in [-0.1, -0.05) is 38.1 Å². The molecule has 3 nitrogen and oxygen atoms in total. The van der Waals surface area contributed by atoms with Crippen LogP contribution in [0, 0.1) is 0 Å². The Bertz CT molecular complexity index is 488. The maximum atomic E-state index is 4.36. The average Bonchev–Trinajstić information content (AvgIpc) is 2.84. The summed E-state index contributed by atoms with van der Waals surface area (Å²) in [5.74, 6) is 0.961. The van der Waals surface area contributed by atoms with Gasteiger partial charge in [0.2, 0.25) is 5.95 Å². The minimum absolute atomic E-state index is 0.885. The van der Waals surface area contributed by atoms with Gasteiger partial charge in [-0.05, 0) is 24.0 Å². The molecule has 0 atom stereocenters. The maximum Gasteiger partial charge on any atom is 0.203 e. The van der Waals surface area contributed by atoms with Crippen molar-refractivity contribution in [1.82, 2.24) is 9.55 Å². The van der Waals surface area contributed by atoms with Gasteiger partial charge in [-0.25, -0.2) is 4.98 Å². The second-order valence-corrected chi connectivity index (χ2v) is 4.43. The third-order valence-corrected chi connectivity index (χ3v) is 3.09. The lowest BCUT2D eigenvalue weighted by Crippen LogP contribution is -2.09. The van der Waals surface area contributed by atoms with Crippen molar-refractivity contribution >= 4 is 5.95 Å². The number of nitrogens with zero attached hydrogens (tertiary/aromatic N) is 2. The Labute approximate surface area is 109 Å². The molecule has 1 aromatic carbocycles. The SMILES string of the molecule is CCCNc1nccn1Cc1ccccc1CC. The van der Waals surface area contributed by atoms with Gasteiger partial charge in [0.1, 0.15) is 0 Å². The highest BCUT2D eigenvalue weighted by Crippen LogP contribution is 2.14. The maximum absolute atomic E-state index is 4.36. The quantitative estimate of drug-likeness (QED) is 0.843. The topological polar surface area (TPSA) is 29.9 Å². The van der Waals surface area contributed by atoms with E-state index in [2.05, 4.69) is 53.0 Å². The van der Waals surface area contributed by atoms with Crippen LogP contribution in [0.25, 0.3) is 0 Å². The second-order valence-electron chi connectivity index (χ2n) is 4.43. The van der Waals surface area contributed by atoms with Gasteiger partial charge in [0.25, 0.3) is 0 Å². The molecule has 0 amide bonds. The van der Waals surface area contributed by atoms with Gasteiger partial charge in [0.05, 0.1) is 6.54 Å². The van der Waals surface area contributed by atoms with E-state index >= 15 is 0 Å². The fraction of sp³-hybridized carbons (Fsp3) is 0.400. The summed E-state index contributed by atoms with van der Waals surface area (Å²) in [6.07, 6.45) is 6.07. The molecule has 0 spiro atoms. The van der Waals surface area contributed by atoms with Crippen molar-refractivity contribution in [3.05, 3.63) is 47.8 Å². The van der Waals surface area contributed by atoms with Crippen molar-refractivity contribution in [1.29, 1.82) is 0 Å². The van der Waals surface area contributed by atoms with Gasteiger partial charge < -0.3 is 9.88 Å². The molecule has 0 bridgehead atoms. The third kappa shape index (κ3) is 2.92. The Morgan fingerprint density at radius 1 is 1.17 bits per heavy atom. The largest absolute Gasteiger partial charge is 0.356 e. The highest BCUT2D eigenvalue weighted by Gasteiger charge is 2.05. The van der Waals surface area contributed by atoms with Crippen LogP contribution in [0.1, 0.15) is 31.4 Å². The predicted octanol–water partition coefficient (Wildman–Crippen LogP) is 3.32. The number of hydrogen-bond donors (Lipinski definition) is 1. The fourth-order valence-electron chi connectivity index (χ4n) is 2.08. The predicted molar refractivity (Wildman–Crippen MR) is 75.9 cm³/mol. The Morgan fingerprint density at radius 2 is 1.94 bits per heavy atom. The molecular weight excluding hydrogens is 222 g/mol. The zero-order valence-electron chi connectivity index (χ0n) is 11.2. The highest BCUT2D eigenvalue weighted by atomic mass is 15.2. The van der Waals surface area contributed by atoms with Crippen molar-refractivity contribution in [2.45, 2.75) is 33.2 Å². The first-order valence-electron chi connectivity index (χ1n) is 6.67. The number of benzene rings is 1. The summed E-state index contributed by atoms with van der Waals surface area (Å²) in [5.41, 5.74) is 2.78. The van der Waals surface area contributed by atoms with Crippen molar-refractivity contribution in [3.63, 3.8) is 0 Å². The second kappa shape index (κ2) is 6.24. The Morgan fingerprint density at radius 3 is 2.67 bits per heavy atom. The van der Waals surface area contributed by atoms with Crippen LogP contribution in [0.15, 0.2) is 36.7 Å². The molecular formula is C15H21N3. The van der Waals surface area contributed by atoms with E-state index in [0.29, 0.717) is 0 Å². The number of aryl methyl sites for hydroxylation is 1. The summed E-state index contributed by atoms with van der Waals surface area (Å²) < 4.78 is 2.17. The van der Waals surface area contributed by atoms with E-state index < -0.39 is 0 Å². The number of imidazole rings is 1. The van der Waals surface area contributed by atoms with Crippen molar-refractivity contribution < 1.29 is 0 Å². The van der Waals surface area contributed by atoms with E-state index in [1.54, 1.807) is 0 Å². The van der Waals surface area contributed by atoms with Crippen molar-refractivity contribution in [2.75, 3.05) is 11.9 Å². The lowest BCUT2D eigenvalue weighted by Gasteiger charge is -2.12. The summed E-state index contributed by atoms with van der Waals surface area (Å²) in [4.78, 5) is 4.36. The molecule has 0 aliphatic rings.